The van der Waals surface area contributed by atoms with Crippen LogP contribution in [0.3, 0.4) is 0 Å². The molecule has 0 unspecified atom stereocenters. The number of aliphatic hydroxyl groups excluding tert-OH is 2. The van der Waals surface area contributed by atoms with E-state index in [2.05, 4.69) is 10.6 Å². The number of β-amino-alcohol motifs (C(OH)–C–C–N with tert-alkyl or cyclic N) is 1. The monoisotopic (exact) mass is 363 g/mol. The largest absolute Gasteiger partial charge is 0.395 e. The molecule has 1 aliphatic carbocycles. The SMILES string of the molecule is O=C1C=C(Nc2cccc(F)c2NC2CCC(O)CC2)C(=O)N1CCO. The van der Waals surface area contributed by atoms with Crippen LogP contribution in [-0.2, 0) is 9.59 Å². The highest BCUT2D eigenvalue weighted by Crippen LogP contribution is 2.31. The second-order valence-electron chi connectivity index (χ2n) is 6.51. The minimum atomic E-state index is -0.556. The summed E-state index contributed by atoms with van der Waals surface area (Å²) in [5.41, 5.74) is 0.626. The Kier molecular flexibility index (Phi) is 5.53. The molecule has 1 aromatic rings. The van der Waals surface area contributed by atoms with E-state index in [1.807, 2.05) is 0 Å². The van der Waals surface area contributed by atoms with Gasteiger partial charge in [0, 0.05) is 12.1 Å². The molecule has 1 aliphatic heterocycles. The maximum atomic E-state index is 14.4. The number of imide groups is 1. The summed E-state index contributed by atoms with van der Waals surface area (Å²) in [4.78, 5) is 25.0. The number of nitrogens with one attached hydrogen (secondary N) is 2. The summed E-state index contributed by atoms with van der Waals surface area (Å²) < 4.78 is 14.4. The lowest BCUT2D eigenvalue weighted by Gasteiger charge is -2.28. The molecule has 140 valence electrons. The number of hydrogen-bond acceptors (Lipinski definition) is 6. The average molecular weight is 363 g/mol. The number of carbonyl (C=O) groups excluding carboxylic acids is 2. The Labute approximate surface area is 150 Å². The molecule has 0 saturated heterocycles. The number of carbonyl (C=O) groups is 2. The molecule has 7 nitrogen and oxygen atoms in total. The van der Waals surface area contributed by atoms with Crippen molar-refractivity contribution >= 4 is 23.2 Å². The molecule has 3 rings (SSSR count). The standard InChI is InChI=1S/C18H22FN3O4/c19-13-2-1-3-14(17(13)20-11-4-6-12(24)7-5-11)21-15-10-16(25)22(8-9-23)18(15)26/h1-3,10-12,20-21,23-24H,4-9H2. The number of rotatable bonds is 6. The van der Waals surface area contributed by atoms with Gasteiger partial charge in [-0.15, -0.1) is 0 Å². The Morgan fingerprint density at radius 3 is 2.62 bits per heavy atom. The van der Waals surface area contributed by atoms with Crippen LogP contribution in [0.4, 0.5) is 15.8 Å². The average Bonchev–Trinajstić information content (AvgIpc) is 2.87. The summed E-state index contributed by atoms with van der Waals surface area (Å²) in [5.74, 6) is -1.54. The molecule has 1 aromatic carbocycles. The van der Waals surface area contributed by atoms with Gasteiger partial charge in [-0.1, -0.05) is 6.07 Å². The van der Waals surface area contributed by atoms with E-state index in [1.165, 1.54) is 12.1 Å². The number of amides is 2. The number of nitrogens with zero attached hydrogens (tertiary/aromatic N) is 1. The fourth-order valence-electron chi connectivity index (χ4n) is 3.25. The third-order valence-electron chi connectivity index (χ3n) is 4.66. The molecule has 0 spiro atoms. The van der Waals surface area contributed by atoms with Gasteiger partial charge in [0.2, 0.25) is 0 Å². The Morgan fingerprint density at radius 1 is 1.19 bits per heavy atom. The van der Waals surface area contributed by atoms with Crippen LogP contribution in [-0.4, -0.2) is 52.2 Å². The Balaban J connectivity index is 1.76. The van der Waals surface area contributed by atoms with E-state index in [0.717, 1.165) is 23.8 Å². The third kappa shape index (κ3) is 3.86. The summed E-state index contributed by atoms with van der Waals surface area (Å²) >= 11 is 0. The summed E-state index contributed by atoms with van der Waals surface area (Å²) in [6.07, 6.45) is 3.59. The van der Waals surface area contributed by atoms with Gasteiger partial charge in [-0.25, -0.2) is 4.39 Å². The van der Waals surface area contributed by atoms with Gasteiger partial charge in [-0.2, -0.15) is 0 Å². The van der Waals surface area contributed by atoms with Crippen LogP contribution in [0.1, 0.15) is 25.7 Å². The molecule has 4 N–H and O–H groups in total. The number of aliphatic hydroxyl groups is 2. The van der Waals surface area contributed by atoms with Crippen molar-refractivity contribution in [2.24, 2.45) is 0 Å². The molecule has 0 bridgehead atoms. The maximum Gasteiger partial charge on any atom is 0.277 e. The first-order valence-corrected chi connectivity index (χ1v) is 8.68. The van der Waals surface area contributed by atoms with E-state index in [4.69, 9.17) is 5.11 Å². The molecular weight excluding hydrogens is 341 g/mol. The second kappa shape index (κ2) is 7.84. The Morgan fingerprint density at radius 2 is 1.92 bits per heavy atom. The van der Waals surface area contributed by atoms with Gasteiger partial charge < -0.3 is 20.8 Å². The van der Waals surface area contributed by atoms with Crippen molar-refractivity contribution in [3.05, 3.63) is 35.8 Å². The molecule has 26 heavy (non-hydrogen) atoms. The van der Waals surface area contributed by atoms with E-state index >= 15 is 0 Å². The fraction of sp³-hybridized carbons (Fsp3) is 0.444. The molecule has 2 amide bonds. The molecule has 8 heteroatoms. The molecule has 0 aromatic heterocycles. The van der Waals surface area contributed by atoms with Gasteiger partial charge in [0.1, 0.15) is 11.5 Å². The fourth-order valence-corrected chi connectivity index (χ4v) is 3.25. The highest BCUT2D eigenvalue weighted by Gasteiger charge is 2.31. The maximum absolute atomic E-state index is 14.4. The summed E-state index contributed by atoms with van der Waals surface area (Å²) in [5, 5.41) is 24.5. The topological polar surface area (TPSA) is 102 Å². The predicted molar refractivity (Wildman–Crippen MR) is 93.8 cm³/mol. The van der Waals surface area contributed by atoms with Crippen molar-refractivity contribution in [1.29, 1.82) is 0 Å². The van der Waals surface area contributed by atoms with Gasteiger partial charge >= 0.3 is 0 Å². The van der Waals surface area contributed by atoms with Crippen LogP contribution in [0.2, 0.25) is 0 Å². The van der Waals surface area contributed by atoms with E-state index < -0.39 is 17.6 Å². The molecule has 0 radical (unpaired) electrons. The molecular formula is C18H22FN3O4. The van der Waals surface area contributed by atoms with Crippen molar-refractivity contribution in [3.63, 3.8) is 0 Å². The molecule has 1 fully saturated rings. The van der Waals surface area contributed by atoms with E-state index in [1.54, 1.807) is 6.07 Å². The van der Waals surface area contributed by atoms with Crippen molar-refractivity contribution in [2.75, 3.05) is 23.8 Å². The van der Waals surface area contributed by atoms with Gasteiger partial charge in [0.15, 0.2) is 0 Å². The zero-order valence-electron chi connectivity index (χ0n) is 14.2. The Hall–Kier alpha value is -2.45. The number of para-hydroxylation sites is 1. The molecule has 1 saturated carbocycles. The number of benzene rings is 1. The van der Waals surface area contributed by atoms with Crippen molar-refractivity contribution in [1.82, 2.24) is 4.90 Å². The number of halogens is 1. The van der Waals surface area contributed by atoms with Crippen LogP contribution >= 0.6 is 0 Å². The molecule has 0 atom stereocenters. The van der Waals surface area contributed by atoms with Crippen molar-refractivity contribution in [2.45, 2.75) is 37.8 Å². The lowest BCUT2D eigenvalue weighted by atomic mass is 9.93. The molecule has 1 heterocycles. The van der Waals surface area contributed by atoms with Crippen LogP contribution < -0.4 is 10.6 Å². The van der Waals surface area contributed by atoms with Crippen LogP contribution in [0.25, 0.3) is 0 Å². The van der Waals surface area contributed by atoms with Crippen LogP contribution in [0.15, 0.2) is 30.0 Å². The molecule has 2 aliphatic rings. The normalized spacial score (nSPS) is 23.2. The summed E-state index contributed by atoms with van der Waals surface area (Å²) in [6.45, 7) is -0.406. The predicted octanol–water partition coefficient (Wildman–Crippen LogP) is 1.20. The minimum absolute atomic E-state index is 0.0247. The highest BCUT2D eigenvalue weighted by atomic mass is 19.1. The lowest BCUT2D eigenvalue weighted by molar-refractivity contribution is -0.137. The summed E-state index contributed by atoms with van der Waals surface area (Å²) in [6, 6.07) is 4.48. The van der Waals surface area contributed by atoms with E-state index in [0.29, 0.717) is 18.5 Å². The zero-order chi connectivity index (χ0) is 18.7. The van der Waals surface area contributed by atoms with Gasteiger partial charge in [-0.3, -0.25) is 14.5 Å². The highest BCUT2D eigenvalue weighted by molar-refractivity contribution is 6.17. The second-order valence-corrected chi connectivity index (χ2v) is 6.51. The smallest absolute Gasteiger partial charge is 0.277 e. The van der Waals surface area contributed by atoms with Gasteiger partial charge in [-0.05, 0) is 37.8 Å². The van der Waals surface area contributed by atoms with E-state index in [-0.39, 0.29) is 36.7 Å². The number of anilines is 2. The quantitative estimate of drug-likeness (QED) is 0.567. The van der Waals surface area contributed by atoms with Crippen LogP contribution in [0, 0.1) is 5.82 Å². The van der Waals surface area contributed by atoms with E-state index in [9.17, 15) is 19.1 Å². The first kappa shape index (κ1) is 18.3. The third-order valence-corrected chi connectivity index (χ3v) is 4.66. The van der Waals surface area contributed by atoms with Crippen LogP contribution in [0.5, 0.6) is 0 Å². The van der Waals surface area contributed by atoms with Crippen molar-refractivity contribution in [3.8, 4) is 0 Å². The first-order chi connectivity index (χ1) is 12.5. The first-order valence-electron chi connectivity index (χ1n) is 8.68. The lowest BCUT2D eigenvalue weighted by Crippen LogP contribution is -2.34. The van der Waals surface area contributed by atoms with Crippen molar-refractivity contribution < 1.29 is 24.2 Å². The zero-order valence-corrected chi connectivity index (χ0v) is 14.2. The van der Waals surface area contributed by atoms with Gasteiger partial charge in [0.05, 0.1) is 30.6 Å². The Bertz CT molecular complexity index is 729. The minimum Gasteiger partial charge on any atom is -0.395 e. The number of hydrogen-bond donors (Lipinski definition) is 4. The summed E-state index contributed by atoms with van der Waals surface area (Å²) in [7, 11) is 0. The van der Waals surface area contributed by atoms with Gasteiger partial charge in [0.25, 0.3) is 11.8 Å².